The molecule has 0 spiro atoms. The lowest BCUT2D eigenvalue weighted by Crippen LogP contribution is -1.84. The zero-order valence-corrected chi connectivity index (χ0v) is 10.3. The number of aldehydes is 1. The normalized spacial score (nSPS) is 9.12. The summed E-state index contributed by atoms with van der Waals surface area (Å²) in [6, 6.07) is 7.65. The van der Waals surface area contributed by atoms with Gasteiger partial charge in [-0.1, -0.05) is 0 Å². The van der Waals surface area contributed by atoms with Gasteiger partial charge in [0.25, 0.3) is 0 Å². The van der Waals surface area contributed by atoms with Crippen LogP contribution in [0.5, 0.6) is 0 Å². The van der Waals surface area contributed by atoms with Gasteiger partial charge >= 0.3 is 0 Å². The third-order valence-electron chi connectivity index (χ3n) is 2.11. The summed E-state index contributed by atoms with van der Waals surface area (Å²) in [4.78, 5) is 17.9. The Bertz CT molecular complexity index is 478. The molecule has 17 heavy (non-hydrogen) atoms. The molecular weight excluding hydrogens is 212 g/mol. The molecule has 0 radical (unpaired) electrons. The first-order valence-corrected chi connectivity index (χ1v) is 5.39. The molecule has 0 atom stereocenters. The van der Waals surface area contributed by atoms with Gasteiger partial charge in [0.2, 0.25) is 0 Å². The summed E-state index contributed by atoms with van der Waals surface area (Å²) in [6.07, 6.45) is 4.19. The van der Waals surface area contributed by atoms with Crippen molar-refractivity contribution < 1.29 is 4.79 Å². The maximum atomic E-state index is 10.1. The van der Waals surface area contributed by atoms with Gasteiger partial charge in [0, 0.05) is 18.1 Å². The van der Waals surface area contributed by atoms with Crippen molar-refractivity contribution >= 4 is 6.29 Å². The monoisotopic (exact) mass is 228 g/mol. The number of hydrogen-bond acceptors (Lipinski definition) is 3. The number of aromatic nitrogens is 2. The molecule has 3 nitrogen and oxygen atoms in total. The van der Waals surface area contributed by atoms with Crippen molar-refractivity contribution in [3.63, 3.8) is 0 Å². The summed E-state index contributed by atoms with van der Waals surface area (Å²) >= 11 is 0. The van der Waals surface area contributed by atoms with Gasteiger partial charge in [-0.05, 0) is 56.2 Å². The van der Waals surface area contributed by atoms with E-state index < -0.39 is 0 Å². The smallest absolute Gasteiger partial charge is 0.168 e. The lowest BCUT2D eigenvalue weighted by atomic mass is 10.2. The van der Waals surface area contributed by atoms with Crippen LogP contribution in [0.4, 0.5) is 0 Å². The van der Waals surface area contributed by atoms with Crippen LogP contribution >= 0.6 is 0 Å². The molecule has 0 aliphatic rings. The van der Waals surface area contributed by atoms with Crippen LogP contribution in [0.2, 0.25) is 0 Å². The highest BCUT2D eigenvalue weighted by molar-refractivity contribution is 5.71. The third kappa shape index (κ3) is 5.02. The van der Waals surface area contributed by atoms with E-state index >= 15 is 0 Å². The van der Waals surface area contributed by atoms with E-state index in [9.17, 15) is 4.79 Å². The Labute approximate surface area is 102 Å². The summed E-state index contributed by atoms with van der Waals surface area (Å²) in [5, 5.41) is 0. The van der Waals surface area contributed by atoms with Gasteiger partial charge in [0.1, 0.15) is 5.69 Å². The fourth-order valence-electron chi connectivity index (χ4n) is 1.31. The predicted molar refractivity (Wildman–Crippen MR) is 68.1 cm³/mol. The quantitative estimate of drug-likeness (QED) is 0.705. The van der Waals surface area contributed by atoms with E-state index in [0.29, 0.717) is 5.69 Å². The van der Waals surface area contributed by atoms with Gasteiger partial charge in [-0.3, -0.25) is 14.8 Å². The molecule has 0 bridgehead atoms. The molecular formula is C14H16N2O. The van der Waals surface area contributed by atoms with Crippen molar-refractivity contribution in [3.8, 4) is 0 Å². The van der Waals surface area contributed by atoms with E-state index in [1.807, 2.05) is 32.2 Å². The van der Waals surface area contributed by atoms with Crippen LogP contribution in [0.15, 0.2) is 36.7 Å². The first-order chi connectivity index (χ1) is 8.11. The summed E-state index contributed by atoms with van der Waals surface area (Å²) in [7, 11) is 0. The molecule has 0 aromatic carbocycles. The number of pyridine rings is 2. The average Bonchev–Trinajstić information content (AvgIpc) is 2.29. The third-order valence-corrected chi connectivity index (χ3v) is 2.11. The van der Waals surface area contributed by atoms with Crippen LogP contribution in [0.25, 0.3) is 0 Å². The van der Waals surface area contributed by atoms with Crippen molar-refractivity contribution in [2.24, 2.45) is 0 Å². The Balaban J connectivity index is 0.000000171. The zero-order chi connectivity index (χ0) is 12.7. The van der Waals surface area contributed by atoms with Crippen LogP contribution in [-0.4, -0.2) is 16.3 Å². The van der Waals surface area contributed by atoms with E-state index in [-0.39, 0.29) is 0 Å². The summed E-state index contributed by atoms with van der Waals surface area (Å²) in [5.74, 6) is 0. The van der Waals surface area contributed by atoms with Crippen molar-refractivity contribution in [3.05, 3.63) is 59.2 Å². The molecule has 0 saturated carbocycles. The molecule has 0 aliphatic heterocycles. The maximum absolute atomic E-state index is 10.1. The molecule has 2 heterocycles. The number of aryl methyl sites for hydroxylation is 3. The lowest BCUT2D eigenvalue weighted by Gasteiger charge is -1.90. The fraction of sp³-hybridized carbons (Fsp3) is 0.214. The highest BCUT2D eigenvalue weighted by atomic mass is 16.1. The van der Waals surface area contributed by atoms with Gasteiger partial charge in [0.15, 0.2) is 6.29 Å². The molecule has 0 aliphatic carbocycles. The zero-order valence-electron chi connectivity index (χ0n) is 10.3. The molecule has 0 amide bonds. The summed E-state index contributed by atoms with van der Waals surface area (Å²) in [5.41, 5.74) is 3.92. The topological polar surface area (TPSA) is 42.9 Å². The highest BCUT2D eigenvalue weighted by Crippen LogP contribution is 1.96. The number of carbonyl (C=O) groups is 1. The Morgan fingerprint density at radius 3 is 1.88 bits per heavy atom. The molecule has 0 saturated heterocycles. The highest BCUT2D eigenvalue weighted by Gasteiger charge is 1.87. The lowest BCUT2D eigenvalue weighted by molar-refractivity contribution is 0.111. The number of carbonyl (C=O) groups excluding carboxylic acids is 1. The Morgan fingerprint density at radius 1 is 0.941 bits per heavy atom. The van der Waals surface area contributed by atoms with Gasteiger partial charge in [-0.15, -0.1) is 0 Å². The molecule has 2 aromatic heterocycles. The summed E-state index contributed by atoms with van der Waals surface area (Å²) < 4.78 is 0. The minimum absolute atomic E-state index is 0.495. The predicted octanol–water partition coefficient (Wildman–Crippen LogP) is 2.90. The minimum Gasteiger partial charge on any atom is -0.296 e. The van der Waals surface area contributed by atoms with Crippen molar-refractivity contribution in [1.29, 1.82) is 0 Å². The van der Waals surface area contributed by atoms with E-state index in [1.54, 1.807) is 12.3 Å². The molecule has 2 rings (SSSR count). The second-order valence-electron chi connectivity index (χ2n) is 3.85. The number of nitrogens with zero attached hydrogens (tertiary/aromatic N) is 2. The van der Waals surface area contributed by atoms with Crippen LogP contribution < -0.4 is 0 Å². The number of hydrogen-bond donors (Lipinski definition) is 0. The van der Waals surface area contributed by atoms with Crippen molar-refractivity contribution in [2.45, 2.75) is 20.8 Å². The molecule has 0 N–H and O–H groups in total. The van der Waals surface area contributed by atoms with E-state index in [0.717, 1.165) is 17.5 Å². The average molecular weight is 228 g/mol. The van der Waals surface area contributed by atoms with E-state index in [1.165, 1.54) is 5.56 Å². The van der Waals surface area contributed by atoms with E-state index in [2.05, 4.69) is 23.0 Å². The first kappa shape index (κ1) is 13.0. The van der Waals surface area contributed by atoms with Gasteiger partial charge < -0.3 is 0 Å². The SMILES string of the molecule is Cc1ccnc(C)c1.Cc1ccnc(C=O)c1. The maximum Gasteiger partial charge on any atom is 0.168 e. The Hall–Kier alpha value is -2.03. The van der Waals surface area contributed by atoms with Gasteiger partial charge in [-0.25, -0.2) is 0 Å². The second kappa shape index (κ2) is 6.53. The molecule has 2 aromatic rings. The van der Waals surface area contributed by atoms with Crippen LogP contribution in [0, 0.1) is 20.8 Å². The Morgan fingerprint density at radius 2 is 1.53 bits per heavy atom. The second-order valence-corrected chi connectivity index (χ2v) is 3.85. The molecule has 88 valence electrons. The molecule has 3 heteroatoms. The first-order valence-electron chi connectivity index (χ1n) is 5.39. The van der Waals surface area contributed by atoms with Gasteiger partial charge in [-0.2, -0.15) is 0 Å². The fourth-order valence-corrected chi connectivity index (χ4v) is 1.31. The van der Waals surface area contributed by atoms with Crippen LogP contribution in [0.1, 0.15) is 27.3 Å². The number of rotatable bonds is 1. The van der Waals surface area contributed by atoms with Crippen molar-refractivity contribution in [1.82, 2.24) is 9.97 Å². The summed E-state index contributed by atoms with van der Waals surface area (Å²) in [6.45, 7) is 5.98. The van der Waals surface area contributed by atoms with E-state index in [4.69, 9.17) is 0 Å². The van der Waals surface area contributed by atoms with Crippen molar-refractivity contribution in [2.75, 3.05) is 0 Å². The minimum atomic E-state index is 0.495. The standard InChI is InChI=1S/C7H7NO.C7H9N/c1-6-2-3-8-7(4-6)5-9;1-6-3-4-8-7(2)5-6/h2-5H,1H3;3-5H,1-2H3. The van der Waals surface area contributed by atoms with Gasteiger partial charge in [0.05, 0.1) is 0 Å². The van der Waals surface area contributed by atoms with Crippen LogP contribution in [-0.2, 0) is 0 Å². The Kier molecular flexibility index (Phi) is 5.01. The van der Waals surface area contributed by atoms with Crippen LogP contribution in [0.3, 0.4) is 0 Å². The molecule has 0 fully saturated rings. The largest absolute Gasteiger partial charge is 0.296 e. The molecule has 0 unspecified atom stereocenters.